The van der Waals surface area contributed by atoms with Crippen LogP contribution in [0.25, 0.3) is 12.2 Å². The van der Waals surface area contributed by atoms with Crippen molar-refractivity contribution in [1.82, 2.24) is 0 Å². The summed E-state index contributed by atoms with van der Waals surface area (Å²) >= 11 is 14.5. The van der Waals surface area contributed by atoms with Gasteiger partial charge < -0.3 is 5.32 Å². The Balaban J connectivity index is 1.06. The molecule has 0 unspecified atom stereocenters. The smallest absolute Gasteiger partial charge is 0.282 e. The predicted octanol–water partition coefficient (Wildman–Crippen LogP) is 10.9. The molecule has 0 aromatic heterocycles. The summed E-state index contributed by atoms with van der Waals surface area (Å²) in [6.07, 6.45) is 3.45. The molecule has 0 aliphatic carbocycles. The quantitative estimate of drug-likeness (QED) is 0.171. The van der Waals surface area contributed by atoms with Crippen molar-refractivity contribution in [3.63, 3.8) is 0 Å². The minimum absolute atomic E-state index is 0.258. The number of aliphatic imine (C=N–C) groups is 2. The maximum atomic E-state index is 14.1. The van der Waals surface area contributed by atoms with Gasteiger partial charge >= 0.3 is 0 Å². The van der Waals surface area contributed by atoms with E-state index in [1.54, 1.807) is 45.8 Å². The molecule has 54 heavy (non-hydrogen) atoms. The van der Waals surface area contributed by atoms with Crippen molar-refractivity contribution in [2.45, 2.75) is 9.79 Å². The van der Waals surface area contributed by atoms with Gasteiger partial charge in [0.25, 0.3) is 11.8 Å². The van der Waals surface area contributed by atoms with Crippen molar-refractivity contribution in [3.05, 3.63) is 189 Å². The van der Waals surface area contributed by atoms with Crippen molar-refractivity contribution in [3.8, 4) is 0 Å². The molecule has 3 aliphatic rings. The highest BCUT2D eigenvalue weighted by Crippen LogP contribution is 2.47. The molecule has 3 aliphatic heterocycles. The fourth-order valence-electron chi connectivity index (χ4n) is 6.49. The molecular weight excluding hydrogens is 733 g/mol. The van der Waals surface area contributed by atoms with Crippen molar-refractivity contribution < 1.29 is 9.59 Å². The number of halogens is 2. The summed E-state index contributed by atoms with van der Waals surface area (Å²) in [5, 5.41) is 4.61. The lowest BCUT2D eigenvalue weighted by atomic mass is 10.1. The highest BCUT2D eigenvalue weighted by molar-refractivity contribution is 7.99. The third-order valence-electron chi connectivity index (χ3n) is 9.12. The molecule has 1 N–H and O–H groups in total. The lowest BCUT2D eigenvalue weighted by Crippen LogP contribution is -2.32. The van der Waals surface area contributed by atoms with Crippen LogP contribution >= 0.6 is 35.0 Å². The maximum Gasteiger partial charge on any atom is 0.282 e. The number of carbonyl (C=O) groups is 2. The Hall–Kier alpha value is -6.19. The van der Waals surface area contributed by atoms with Gasteiger partial charge in [-0.15, -0.1) is 0 Å². The van der Waals surface area contributed by atoms with Crippen LogP contribution < -0.4 is 15.1 Å². The highest BCUT2D eigenvalue weighted by Gasteiger charge is 2.35. The van der Waals surface area contributed by atoms with Gasteiger partial charge in [0.1, 0.15) is 23.1 Å². The largest absolute Gasteiger partial charge is 0.354 e. The molecule has 6 aromatic rings. The first-order chi connectivity index (χ1) is 26.4. The van der Waals surface area contributed by atoms with Crippen LogP contribution in [-0.2, 0) is 9.59 Å². The molecule has 0 saturated carbocycles. The Morgan fingerprint density at radius 3 is 1.35 bits per heavy atom. The Labute approximate surface area is 325 Å². The number of benzene rings is 6. The molecule has 2 amide bonds. The van der Waals surface area contributed by atoms with E-state index in [-0.39, 0.29) is 23.2 Å². The third-order valence-corrected chi connectivity index (χ3v) is 10.9. The lowest BCUT2D eigenvalue weighted by Gasteiger charge is -2.26. The number of amides is 2. The summed E-state index contributed by atoms with van der Waals surface area (Å²) in [6, 6.07) is 45.8. The number of amidine groups is 2. The molecule has 260 valence electrons. The first kappa shape index (κ1) is 33.6. The minimum Gasteiger partial charge on any atom is -0.354 e. The third kappa shape index (κ3) is 6.20. The van der Waals surface area contributed by atoms with Crippen LogP contribution in [0.1, 0.15) is 22.3 Å². The summed E-state index contributed by atoms with van der Waals surface area (Å²) in [5.74, 6) is 0.532. The fraction of sp³-hybridized carbons (Fsp3) is 0. The Bertz CT molecular complexity index is 2460. The minimum atomic E-state index is -0.258. The van der Waals surface area contributed by atoms with E-state index in [1.165, 1.54) is 0 Å². The molecular formula is C44H27Cl2N5O2S. The van der Waals surface area contributed by atoms with E-state index < -0.39 is 0 Å². The van der Waals surface area contributed by atoms with Crippen LogP contribution in [0.4, 0.5) is 22.7 Å². The Kier molecular flexibility index (Phi) is 8.71. The SMILES string of the molecule is O=C1/C(=C/c2ccccc2Cl)N=C(c2ccccc2)N1c1ccc2c(c1)Sc1cc(N3C(=O)/C(=C\c4ccccc4Cl)N=C3c3ccccc3)ccc1N2. The molecule has 6 aromatic carbocycles. The molecule has 0 atom stereocenters. The van der Waals surface area contributed by atoms with Gasteiger partial charge in [0.15, 0.2) is 0 Å². The van der Waals surface area contributed by atoms with Gasteiger partial charge in [0.2, 0.25) is 0 Å². The molecule has 0 bridgehead atoms. The molecule has 0 radical (unpaired) electrons. The van der Waals surface area contributed by atoms with Crippen LogP contribution in [0.3, 0.4) is 0 Å². The van der Waals surface area contributed by atoms with Gasteiger partial charge in [-0.05, 0) is 71.8 Å². The van der Waals surface area contributed by atoms with Gasteiger partial charge in [-0.3, -0.25) is 19.4 Å². The molecule has 9 rings (SSSR count). The Morgan fingerprint density at radius 2 is 0.926 bits per heavy atom. The van der Waals surface area contributed by atoms with Crippen LogP contribution in [0.5, 0.6) is 0 Å². The van der Waals surface area contributed by atoms with E-state index in [9.17, 15) is 9.59 Å². The molecule has 3 heterocycles. The number of anilines is 4. The van der Waals surface area contributed by atoms with E-state index in [2.05, 4.69) is 5.32 Å². The average Bonchev–Trinajstić information content (AvgIpc) is 3.71. The zero-order valence-corrected chi connectivity index (χ0v) is 30.6. The average molecular weight is 761 g/mol. The first-order valence-corrected chi connectivity index (χ1v) is 18.6. The summed E-state index contributed by atoms with van der Waals surface area (Å²) in [6.45, 7) is 0. The second kappa shape index (κ2) is 14.0. The zero-order chi connectivity index (χ0) is 36.8. The molecule has 7 nitrogen and oxygen atoms in total. The van der Waals surface area contributed by atoms with Crippen molar-refractivity contribution in [2.75, 3.05) is 15.1 Å². The molecule has 0 spiro atoms. The zero-order valence-electron chi connectivity index (χ0n) is 28.3. The highest BCUT2D eigenvalue weighted by atomic mass is 35.5. The van der Waals surface area contributed by atoms with Gasteiger partial charge in [0.05, 0.1) is 22.7 Å². The standard InChI is InChI=1S/C44H27Cl2N5O2S/c45-33-17-9-7-15-29(33)23-37-43(52)50(41(48-37)27-11-3-1-4-12-27)31-19-21-35-39(25-31)54-40-26-32(20-22-36(40)47-35)51-42(28-13-5-2-6-14-28)49-38(44(51)53)24-30-16-8-10-18-34(30)46/h1-26,47H/b37-23-,38-24+. The summed E-state index contributed by atoms with van der Waals surface area (Å²) in [7, 11) is 0. The van der Waals surface area contributed by atoms with Crippen LogP contribution in [0.15, 0.2) is 177 Å². The van der Waals surface area contributed by atoms with E-state index in [0.29, 0.717) is 44.2 Å². The van der Waals surface area contributed by atoms with Gasteiger partial charge in [-0.1, -0.05) is 132 Å². The number of hydrogen-bond acceptors (Lipinski definition) is 6. The van der Waals surface area contributed by atoms with Crippen molar-refractivity contribution in [2.24, 2.45) is 9.98 Å². The van der Waals surface area contributed by atoms with Gasteiger partial charge in [-0.2, -0.15) is 0 Å². The lowest BCUT2D eigenvalue weighted by molar-refractivity contribution is -0.114. The maximum absolute atomic E-state index is 14.1. The second-order valence-corrected chi connectivity index (χ2v) is 14.5. The Morgan fingerprint density at radius 1 is 0.519 bits per heavy atom. The van der Waals surface area contributed by atoms with E-state index in [0.717, 1.165) is 32.3 Å². The van der Waals surface area contributed by atoms with Gasteiger partial charge in [0, 0.05) is 31.0 Å². The molecule has 10 heteroatoms. The number of nitrogens with zero attached hydrogens (tertiary/aromatic N) is 4. The number of hydrogen-bond donors (Lipinski definition) is 1. The monoisotopic (exact) mass is 759 g/mol. The van der Waals surface area contributed by atoms with Gasteiger partial charge in [-0.25, -0.2) is 9.98 Å². The topological polar surface area (TPSA) is 77.4 Å². The fourth-order valence-corrected chi connectivity index (χ4v) is 7.93. The number of fused-ring (bicyclic) bond motifs is 2. The van der Waals surface area contributed by atoms with Crippen molar-refractivity contribution in [1.29, 1.82) is 0 Å². The van der Waals surface area contributed by atoms with Crippen LogP contribution in [0.2, 0.25) is 10.0 Å². The van der Waals surface area contributed by atoms with E-state index >= 15 is 0 Å². The summed E-state index contributed by atoms with van der Waals surface area (Å²) < 4.78 is 0. The number of rotatable bonds is 6. The summed E-state index contributed by atoms with van der Waals surface area (Å²) in [4.78, 5) is 43.0. The normalized spacial score (nSPS) is 16.3. The number of carbonyl (C=O) groups excluding carboxylic acids is 2. The predicted molar refractivity (Wildman–Crippen MR) is 220 cm³/mol. The van der Waals surface area contributed by atoms with Crippen molar-refractivity contribution >= 4 is 93.4 Å². The summed E-state index contributed by atoms with van der Waals surface area (Å²) in [5.41, 5.74) is 6.74. The van der Waals surface area contributed by atoms with Crippen LogP contribution in [0, 0.1) is 0 Å². The molecule has 0 fully saturated rings. The van der Waals surface area contributed by atoms with E-state index in [1.807, 2.05) is 133 Å². The van der Waals surface area contributed by atoms with Crippen LogP contribution in [-0.4, -0.2) is 23.5 Å². The number of nitrogens with one attached hydrogen (secondary N) is 1. The first-order valence-electron chi connectivity index (χ1n) is 17.0. The van der Waals surface area contributed by atoms with E-state index in [4.69, 9.17) is 33.2 Å². The second-order valence-electron chi connectivity index (χ2n) is 12.6. The molecule has 0 saturated heterocycles.